The van der Waals surface area contributed by atoms with Gasteiger partial charge in [0.15, 0.2) is 0 Å². The predicted molar refractivity (Wildman–Crippen MR) is 114 cm³/mol. The van der Waals surface area contributed by atoms with Gasteiger partial charge in [-0.25, -0.2) is 9.97 Å². The van der Waals surface area contributed by atoms with Crippen LogP contribution in [0, 0.1) is 0 Å². The Morgan fingerprint density at radius 2 is 1.83 bits per heavy atom. The third-order valence-electron chi connectivity index (χ3n) is 4.99. The van der Waals surface area contributed by atoms with Crippen molar-refractivity contribution in [1.82, 2.24) is 9.97 Å². The van der Waals surface area contributed by atoms with Gasteiger partial charge in [0.25, 0.3) is 0 Å². The highest BCUT2D eigenvalue weighted by Gasteiger charge is 2.20. The van der Waals surface area contributed by atoms with E-state index in [1.807, 2.05) is 51.4 Å². The quantitative estimate of drug-likeness (QED) is 0.686. The number of esters is 1. The summed E-state index contributed by atoms with van der Waals surface area (Å²) in [6, 6.07) is 8.17. The van der Waals surface area contributed by atoms with E-state index in [0.29, 0.717) is 18.9 Å². The molecular weight excluding hydrogens is 366 g/mol. The molecule has 156 valence electrons. The molecular formula is C23H31N3O3. The first-order valence-corrected chi connectivity index (χ1v) is 10.2. The number of hydrogen-bond acceptors (Lipinski definition) is 6. The van der Waals surface area contributed by atoms with Crippen LogP contribution < -0.4 is 4.90 Å². The Kier molecular flexibility index (Phi) is 6.85. The number of benzene rings is 1. The largest absolute Gasteiger partial charge is 0.460 e. The number of aromatic nitrogens is 2. The highest BCUT2D eigenvalue weighted by molar-refractivity contribution is 5.70. The number of anilines is 1. The topological polar surface area (TPSA) is 64.5 Å². The van der Waals surface area contributed by atoms with Gasteiger partial charge >= 0.3 is 5.97 Å². The van der Waals surface area contributed by atoms with Gasteiger partial charge in [-0.15, -0.1) is 0 Å². The normalized spacial score (nSPS) is 15.4. The molecule has 0 bridgehead atoms. The van der Waals surface area contributed by atoms with Crippen molar-refractivity contribution in [1.29, 1.82) is 0 Å². The van der Waals surface area contributed by atoms with Crippen LogP contribution in [0.15, 0.2) is 36.7 Å². The zero-order valence-corrected chi connectivity index (χ0v) is 17.9. The van der Waals surface area contributed by atoms with Crippen LogP contribution in [0.5, 0.6) is 0 Å². The van der Waals surface area contributed by atoms with E-state index < -0.39 is 5.60 Å². The molecule has 0 amide bonds. The first kappa shape index (κ1) is 21.2. The minimum atomic E-state index is -0.448. The number of carbonyl (C=O) groups is 1. The molecule has 0 atom stereocenters. The minimum absolute atomic E-state index is 0.173. The molecule has 0 saturated carbocycles. The van der Waals surface area contributed by atoms with Crippen LogP contribution in [0.4, 0.5) is 5.95 Å². The monoisotopic (exact) mass is 397 g/mol. The fourth-order valence-corrected chi connectivity index (χ4v) is 3.47. The summed E-state index contributed by atoms with van der Waals surface area (Å²) in [6.45, 7) is 7.48. The summed E-state index contributed by atoms with van der Waals surface area (Å²) in [5.74, 6) is 0.595. The Labute approximate surface area is 173 Å². The Morgan fingerprint density at radius 3 is 2.45 bits per heavy atom. The van der Waals surface area contributed by atoms with E-state index in [2.05, 4.69) is 20.9 Å². The van der Waals surface area contributed by atoms with Crippen LogP contribution in [0.25, 0.3) is 11.1 Å². The van der Waals surface area contributed by atoms with Crippen molar-refractivity contribution in [3.63, 3.8) is 0 Å². The van der Waals surface area contributed by atoms with Gasteiger partial charge in [-0.3, -0.25) is 4.79 Å². The molecule has 1 saturated heterocycles. The van der Waals surface area contributed by atoms with Crippen LogP contribution in [0.1, 0.15) is 45.6 Å². The Balaban J connectivity index is 1.61. The maximum absolute atomic E-state index is 12.0. The van der Waals surface area contributed by atoms with E-state index in [9.17, 15) is 4.79 Å². The lowest BCUT2D eigenvalue weighted by molar-refractivity contribution is -0.154. The van der Waals surface area contributed by atoms with Gasteiger partial charge in [0, 0.05) is 44.6 Å². The fraction of sp³-hybridized carbons (Fsp3) is 0.522. The number of ether oxygens (including phenoxy) is 2. The Hall–Kier alpha value is -2.47. The number of methoxy groups -OCH3 is 1. The molecule has 6 heteroatoms. The van der Waals surface area contributed by atoms with Crippen molar-refractivity contribution < 1.29 is 14.3 Å². The molecule has 0 aliphatic carbocycles. The number of aryl methyl sites for hydroxylation is 1. The van der Waals surface area contributed by atoms with Gasteiger partial charge in [0.1, 0.15) is 5.60 Å². The second-order valence-electron chi connectivity index (χ2n) is 8.48. The molecule has 1 fully saturated rings. The zero-order valence-electron chi connectivity index (χ0n) is 17.9. The number of rotatable bonds is 6. The van der Waals surface area contributed by atoms with E-state index in [1.54, 1.807) is 7.11 Å². The van der Waals surface area contributed by atoms with E-state index in [1.165, 1.54) is 0 Å². The molecule has 3 rings (SSSR count). The predicted octanol–water partition coefficient (Wildman–Crippen LogP) is 4.03. The minimum Gasteiger partial charge on any atom is -0.460 e. The lowest BCUT2D eigenvalue weighted by Gasteiger charge is -2.31. The molecule has 1 aliphatic rings. The summed E-state index contributed by atoms with van der Waals surface area (Å²) in [6.07, 6.45) is 7.11. The van der Waals surface area contributed by atoms with Gasteiger partial charge in [0.05, 0.1) is 6.10 Å². The molecule has 29 heavy (non-hydrogen) atoms. The summed E-state index contributed by atoms with van der Waals surface area (Å²) >= 11 is 0. The van der Waals surface area contributed by atoms with Crippen LogP contribution in [0.2, 0.25) is 0 Å². The molecule has 0 radical (unpaired) electrons. The van der Waals surface area contributed by atoms with Gasteiger partial charge in [-0.1, -0.05) is 24.3 Å². The average Bonchev–Trinajstić information content (AvgIpc) is 2.71. The van der Waals surface area contributed by atoms with Crippen molar-refractivity contribution in [3.05, 3.63) is 42.2 Å². The smallest absolute Gasteiger partial charge is 0.306 e. The van der Waals surface area contributed by atoms with Gasteiger partial charge in [-0.2, -0.15) is 0 Å². The number of hydrogen-bond donors (Lipinski definition) is 0. The third kappa shape index (κ3) is 6.26. The molecule has 2 heterocycles. The summed E-state index contributed by atoms with van der Waals surface area (Å²) in [5, 5.41) is 0. The molecule has 1 aliphatic heterocycles. The fourth-order valence-electron chi connectivity index (χ4n) is 3.47. The molecule has 0 N–H and O–H groups in total. The van der Waals surface area contributed by atoms with Crippen LogP contribution in [-0.4, -0.2) is 47.8 Å². The Morgan fingerprint density at radius 1 is 1.14 bits per heavy atom. The lowest BCUT2D eigenvalue weighted by atomic mass is 10.0. The number of nitrogens with zero attached hydrogens (tertiary/aromatic N) is 3. The molecule has 0 spiro atoms. The van der Waals surface area contributed by atoms with Gasteiger partial charge < -0.3 is 14.4 Å². The maximum Gasteiger partial charge on any atom is 0.306 e. The molecule has 1 aromatic carbocycles. The number of piperidine rings is 1. The third-order valence-corrected chi connectivity index (χ3v) is 4.99. The lowest BCUT2D eigenvalue weighted by Crippen LogP contribution is -2.37. The van der Waals surface area contributed by atoms with Crippen LogP contribution in [0.3, 0.4) is 0 Å². The average molecular weight is 398 g/mol. The van der Waals surface area contributed by atoms with Crippen molar-refractivity contribution in [2.75, 3.05) is 25.1 Å². The standard InChI is InChI=1S/C23H31N3O3/c1-23(2,3)29-21(27)9-8-17-6-5-7-18(14-17)19-15-24-22(25-16-19)26-12-10-20(28-4)11-13-26/h5-7,14-16,20H,8-13H2,1-4H3. The Bertz CT molecular complexity index is 807. The van der Waals surface area contributed by atoms with Gasteiger partial charge in [0.2, 0.25) is 5.95 Å². The van der Waals surface area contributed by atoms with E-state index >= 15 is 0 Å². The van der Waals surface area contributed by atoms with E-state index in [-0.39, 0.29) is 5.97 Å². The van der Waals surface area contributed by atoms with E-state index in [0.717, 1.165) is 48.6 Å². The summed E-state index contributed by atoms with van der Waals surface area (Å²) < 4.78 is 10.8. The van der Waals surface area contributed by atoms with Crippen molar-refractivity contribution in [3.8, 4) is 11.1 Å². The van der Waals surface area contributed by atoms with E-state index in [4.69, 9.17) is 9.47 Å². The highest BCUT2D eigenvalue weighted by Crippen LogP contribution is 2.23. The zero-order chi connectivity index (χ0) is 20.9. The van der Waals surface area contributed by atoms with Crippen LogP contribution >= 0.6 is 0 Å². The summed E-state index contributed by atoms with van der Waals surface area (Å²) in [5.41, 5.74) is 2.67. The molecule has 2 aromatic rings. The first-order valence-electron chi connectivity index (χ1n) is 10.2. The first-order chi connectivity index (χ1) is 13.8. The van der Waals surface area contributed by atoms with Crippen LogP contribution in [-0.2, 0) is 20.7 Å². The number of carbonyl (C=O) groups excluding carboxylic acids is 1. The SMILES string of the molecule is COC1CCN(c2ncc(-c3cccc(CCC(=O)OC(C)(C)C)c3)cn2)CC1. The van der Waals surface area contributed by atoms with Crippen molar-refractivity contribution >= 4 is 11.9 Å². The second-order valence-corrected chi connectivity index (χ2v) is 8.48. The molecule has 1 aromatic heterocycles. The summed E-state index contributed by atoms with van der Waals surface area (Å²) in [4.78, 5) is 23.3. The second kappa shape index (κ2) is 9.35. The van der Waals surface area contributed by atoms with Crippen molar-refractivity contribution in [2.45, 2.75) is 58.2 Å². The van der Waals surface area contributed by atoms with Crippen molar-refractivity contribution in [2.24, 2.45) is 0 Å². The maximum atomic E-state index is 12.0. The van der Waals surface area contributed by atoms with Gasteiger partial charge in [-0.05, 0) is 51.2 Å². The summed E-state index contributed by atoms with van der Waals surface area (Å²) in [7, 11) is 1.77. The molecule has 0 unspecified atom stereocenters. The highest BCUT2D eigenvalue weighted by atomic mass is 16.6. The molecule has 6 nitrogen and oxygen atoms in total.